The summed E-state index contributed by atoms with van der Waals surface area (Å²) in [5.74, 6) is -0.818. The first-order chi connectivity index (χ1) is 7.77. The average Bonchev–Trinajstić information content (AvgIpc) is 2.25. The van der Waals surface area contributed by atoms with Crippen LogP contribution in [0.25, 0.3) is 0 Å². The molecule has 2 unspecified atom stereocenters. The van der Waals surface area contributed by atoms with Crippen LogP contribution in [0.15, 0.2) is 0 Å². The molecule has 0 aliphatic carbocycles. The second-order valence-corrected chi connectivity index (χ2v) is 5.37. The molecule has 0 aromatic carbocycles. The molecule has 98 valence electrons. The number of carboxylic acids is 1. The van der Waals surface area contributed by atoms with E-state index in [4.69, 9.17) is 5.73 Å². The van der Waals surface area contributed by atoms with Gasteiger partial charge >= 0.3 is 5.97 Å². The Morgan fingerprint density at radius 2 is 2.06 bits per heavy atom. The number of hydrogen-bond acceptors (Lipinski definition) is 3. The highest BCUT2D eigenvalue weighted by Crippen LogP contribution is 2.27. The van der Waals surface area contributed by atoms with E-state index in [-0.39, 0.29) is 5.91 Å². The Balaban J connectivity index is 2.84. The van der Waals surface area contributed by atoms with Crippen LogP contribution in [-0.2, 0) is 9.59 Å². The zero-order valence-electron chi connectivity index (χ0n) is 10.8. The third kappa shape index (κ3) is 3.19. The Morgan fingerprint density at radius 3 is 2.47 bits per heavy atom. The SMILES string of the molecule is CCC1CCN(C(=O)C(C)(C)N)C(C(=O)O)C1. The van der Waals surface area contributed by atoms with Gasteiger partial charge in [0, 0.05) is 6.54 Å². The van der Waals surface area contributed by atoms with Crippen LogP contribution in [0.3, 0.4) is 0 Å². The number of carboxylic acid groups (broad SMARTS) is 1. The molecule has 1 rings (SSSR count). The normalized spacial score (nSPS) is 25.8. The van der Waals surface area contributed by atoms with Gasteiger partial charge in [0.1, 0.15) is 6.04 Å². The van der Waals surface area contributed by atoms with Gasteiger partial charge in [0.15, 0.2) is 0 Å². The molecule has 3 N–H and O–H groups in total. The van der Waals surface area contributed by atoms with Crippen LogP contribution in [0.4, 0.5) is 0 Å². The van der Waals surface area contributed by atoms with Crippen molar-refractivity contribution in [3.63, 3.8) is 0 Å². The van der Waals surface area contributed by atoms with E-state index in [1.54, 1.807) is 13.8 Å². The Bertz CT molecular complexity index is 309. The fourth-order valence-electron chi connectivity index (χ4n) is 2.26. The van der Waals surface area contributed by atoms with Crippen molar-refractivity contribution in [3.05, 3.63) is 0 Å². The third-order valence-corrected chi connectivity index (χ3v) is 3.39. The van der Waals surface area contributed by atoms with Gasteiger partial charge in [-0.2, -0.15) is 0 Å². The van der Waals surface area contributed by atoms with Crippen LogP contribution >= 0.6 is 0 Å². The number of hydrogen-bond donors (Lipinski definition) is 2. The fraction of sp³-hybridized carbons (Fsp3) is 0.833. The maximum atomic E-state index is 12.1. The summed E-state index contributed by atoms with van der Waals surface area (Å²) in [6.07, 6.45) is 2.35. The van der Waals surface area contributed by atoms with Gasteiger partial charge in [-0.25, -0.2) is 4.79 Å². The number of piperidine rings is 1. The number of likely N-dealkylation sites (tertiary alicyclic amines) is 1. The molecule has 1 amide bonds. The van der Waals surface area contributed by atoms with E-state index in [0.717, 1.165) is 12.8 Å². The van der Waals surface area contributed by atoms with E-state index in [2.05, 4.69) is 0 Å². The molecule has 1 fully saturated rings. The van der Waals surface area contributed by atoms with Crippen molar-refractivity contribution in [2.24, 2.45) is 11.7 Å². The predicted octanol–water partition coefficient (Wildman–Crippen LogP) is 0.826. The number of rotatable bonds is 3. The molecule has 5 nitrogen and oxygen atoms in total. The summed E-state index contributed by atoms with van der Waals surface area (Å²) in [6, 6.07) is -0.718. The number of aliphatic carboxylic acids is 1. The molecule has 2 atom stereocenters. The van der Waals surface area contributed by atoms with E-state index in [1.165, 1.54) is 4.90 Å². The van der Waals surface area contributed by atoms with Crippen molar-refractivity contribution in [1.82, 2.24) is 4.90 Å². The smallest absolute Gasteiger partial charge is 0.326 e. The molecular formula is C12H22N2O3. The minimum Gasteiger partial charge on any atom is -0.480 e. The van der Waals surface area contributed by atoms with E-state index < -0.39 is 17.6 Å². The van der Waals surface area contributed by atoms with Gasteiger partial charge in [0.2, 0.25) is 5.91 Å². The van der Waals surface area contributed by atoms with Gasteiger partial charge in [-0.15, -0.1) is 0 Å². The first-order valence-electron chi connectivity index (χ1n) is 6.10. The van der Waals surface area contributed by atoms with Crippen LogP contribution in [0.1, 0.15) is 40.0 Å². The molecule has 0 aromatic rings. The van der Waals surface area contributed by atoms with E-state index in [9.17, 15) is 14.7 Å². The number of amides is 1. The number of carbonyl (C=O) groups is 2. The summed E-state index contributed by atoms with van der Waals surface area (Å²) >= 11 is 0. The summed E-state index contributed by atoms with van der Waals surface area (Å²) in [5, 5.41) is 9.20. The number of nitrogens with two attached hydrogens (primary N) is 1. The molecule has 0 saturated carbocycles. The molecular weight excluding hydrogens is 220 g/mol. The predicted molar refractivity (Wildman–Crippen MR) is 64.4 cm³/mol. The quantitative estimate of drug-likeness (QED) is 0.767. The summed E-state index contributed by atoms with van der Waals surface area (Å²) in [5.41, 5.74) is 4.75. The molecule has 0 spiro atoms. The van der Waals surface area contributed by atoms with Crippen molar-refractivity contribution in [3.8, 4) is 0 Å². The molecule has 1 aliphatic heterocycles. The van der Waals surface area contributed by atoms with E-state index in [0.29, 0.717) is 18.9 Å². The van der Waals surface area contributed by atoms with Crippen molar-refractivity contribution < 1.29 is 14.7 Å². The van der Waals surface area contributed by atoms with Crippen LogP contribution in [-0.4, -0.2) is 40.0 Å². The lowest BCUT2D eigenvalue weighted by Crippen LogP contribution is -2.58. The molecule has 0 radical (unpaired) electrons. The van der Waals surface area contributed by atoms with Crippen molar-refractivity contribution >= 4 is 11.9 Å². The monoisotopic (exact) mass is 242 g/mol. The zero-order valence-corrected chi connectivity index (χ0v) is 10.8. The van der Waals surface area contributed by atoms with E-state index >= 15 is 0 Å². The fourth-order valence-corrected chi connectivity index (χ4v) is 2.26. The highest BCUT2D eigenvalue weighted by molar-refractivity contribution is 5.89. The Morgan fingerprint density at radius 1 is 1.47 bits per heavy atom. The first kappa shape index (κ1) is 14.0. The van der Waals surface area contributed by atoms with Gasteiger partial charge in [-0.05, 0) is 32.6 Å². The zero-order chi connectivity index (χ0) is 13.2. The highest BCUT2D eigenvalue weighted by Gasteiger charge is 2.39. The summed E-state index contributed by atoms with van der Waals surface area (Å²) < 4.78 is 0. The van der Waals surface area contributed by atoms with Gasteiger partial charge < -0.3 is 15.7 Å². The number of nitrogens with zero attached hydrogens (tertiary/aromatic N) is 1. The van der Waals surface area contributed by atoms with E-state index in [1.807, 2.05) is 6.92 Å². The molecule has 5 heteroatoms. The second-order valence-electron chi connectivity index (χ2n) is 5.37. The lowest BCUT2D eigenvalue weighted by molar-refractivity contribution is -0.155. The van der Waals surface area contributed by atoms with Crippen LogP contribution in [0.2, 0.25) is 0 Å². The molecule has 1 saturated heterocycles. The van der Waals surface area contributed by atoms with Gasteiger partial charge in [-0.3, -0.25) is 4.79 Å². The maximum absolute atomic E-state index is 12.1. The van der Waals surface area contributed by atoms with Crippen LogP contribution in [0, 0.1) is 5.92 Å². The molecule has 0 bridgehead atoms. The van der Waals surface area contributed by atoms with Crippen molar-refractivity contribution in [2.45, 2.75) is 51.6 Å². The van der Waals surface area contributed by atoms with Gasteiger partial charge in [0.05, 0.1) is 5.54 Å². The van der Waals surface area contributed by atoms with Crippen LogP contribution in [0.5, 0.6) is 0 Å². The molecule has 1 aliphatic rings. The minimum absolute atomic E-state index is 0.278. The molecule has 1 heterocycles. The second kappa shape index (κ2) is 5.04. The maximum Gasteiger partial charge on any atom is 0.326 e. The topological polar surface area (TPSA) is 83.6 Å². The average molecular weight is 242 g/mol. The standard InChI is InChI=1S/C12H22N2O3/c1-4-8-5-6-14(9(7-8)10(15)16)11(17)12(2,3)13/h8-9H,4-7,13H2,1-3H3,(H,15,16). The Kier molecular flexibility index (Phi) is 4.14. The van der Waals surface area contributed by atoms with Crippen molar-refractivity contribution in [1.29, 1.82) is 0 Å². The summed E-state index contributed by atoms with van der Waals surface area (Å²) in [4.78, 5) is 24.7. The number of carbonyl (C=O) groups excluding carboxylic acids is 1. The third-order valence-electron chi connectivity index (χ3n) is 3.39. The Hall–Kier alpha value is -1.10. The highest BCUT2D eigenvalue weighted by atomic mass is 16.4. The minimum atomic E-state index is -1.01. The Labute approximate surface area is 102 Å². The van der Waals surface area contributed by atoms with Crippen molar-refractivity contribution in [2.75, 3.05) is 6.54 Å². The summed E-state index contributed by atoms with van der Waals surface area (Å²) in [7, 11) is 0. The van der Waals surface area contributed by atoms with Gasteiger partial charge in [0.25, 0.3) is 0 Å². The molecule has 17 heavy (non-hydrogen) atoms. The first-order valence-corrected chi connectivity index (χ1v) is 6.10. The largest absolute Gasteiger partial charge is 0.480 e. The lowest BCUT2D eigenvalue weighted by Gasteiger charge is -2.39. The molecule has 0 aromatic heterocycles. The summed E-state index contributed by atoms with van der Waals surface area (Å²) in [6.45, 7) is 5.77. The van der Waals surface area contributed by atoms with Gasteiger partial charge in [-0.1, -0.05) is 13.3 Å². The van der Waals surface area contributed by atoms with Crippen LogP contribution < -0.4 is 5.73 Å². The lowest BCUT2D eigenvalue weighted by atomic mass is 9.87.